The van der Waals surface area contributed by atoms with Crippen molar-refractivity contribution in [2.24, 2.45) is 34.0 Å². The number of rotatable bonds is 5. The molecular weight excluding hydrogens is 426 g/mol. The fourth-order valence-electron chi connectivity index (χ4n) is 7.91. The second-order valence-corrected chi connectivity index (χ2v) is 11.4. The van der Waals surface area contributed by atoms with Gasteiger partial charge in [-0.25, -0.2) is 0 Å². The van der Waals surface area contributed by atoms with Crippen molar-refractivity contribution >= 4 is 5.97 Å². The lowest BCUT2D eigenvalue weighted by Gasteiger charge is -2.67. The highest BCUT2D eigenvalue weighted by Gasteiger charge is 2.64. The van der Waals surface area contributed by atoms with Crippen molar-refractivity contribution < 1.29 is 41.2 Å². The predicted molar refractivity (Wildman–Crippen MR) is 124 cm³/mol. The van der Waals surface area contributed by atoms with E-state index in [1.165, 1.54) is 5.57 Å². The maximum Gasteiger partial charge on any atom is 0.151 e. The average molecular weight is 474 g/mol. The molecule has 8 heteroatoms. The molecule has 2 saturated carbocycles. The largest absolute Gasteiger partial charge is 0.544 e. The molecule has 0 unspecified atom stereocenters. The average Bonchev–Trinajstić information content (AvgIpc) is 2.72. The van der Waals surface area contributed by atoms with Gasteiger partial charge in [-0.3, -0.25) is 0 Å². The van der Waals surface area contributed by atoms with Gasteiger partial charge >= 0.3 is 0 Å². The van der Waals surface area contributed by atoms with Crippen molar-refractivity contribution in [1.82, 2.24) is 0 Å². The number of carbonyl (C=O) groups is 1. The monoisotopic (exact) mass is 473 g/mol. The SMILES string of the molecule is CO.CO[C@@H](C[C@H]1C(C)=CC[C@@H]2[C@]3(C)C[C@H](O)[C@@H](O)C(C)(C)[C@H]3CC[C@]21C)[C@H]([NH3+])C(=O)[O-].O. The number of carbonyl (C=O) groups excluding carboxylic acids is 1. The summed E-state index contributed by atoms with van der Waals surface area (Å²) in [5.41, 5.74) is 4.61. The van der Waals surface area contributed by atoms with Gasteiger partial charge in [-0.1, -0.05) is 39.3 Å². The van der Waals surface area contributed by atoms with Crippen LogP contribution in [0.4, 0.5) is 0 Å². The number of quaternary nitrogens is 1. The molecule has 0 bridgehead atoms. The summed E-state index contributed by atoms with van der Waals surface area (Å²) in [7, 11) is 2.55. The first-order valence-corrected chi connectivity index (χ1v) is 11.8. The molecule has 0 radical (unpaired) electrons. The molecule has 0 saturated heterocycles. The summed E-state index contributed by atoms with van der Waals surface area (Å²) in [6.07, 6.45) is 4.55. The standard InChI is InChI=1S/C24H41NO5.CH4O.H2O/c1-13-7-8-18-23(4,14(13)11-16(30-6)19(25)21(28)29)10-9-17-22(2,3)20(27)15(26)12-24(17,18)5;1-2;/h7,14-20,26-27H,8-12,25H2,1-6H3,(H,28,29);2H,1H3;1H2/t14-,15-,16-,17+,18-,19-,20+,23-,24+;;/m0../s1. The number of hydrogen-bond donors (Lipinski definition) is 4. The normalized spacial score (nSPS) is 41.1. The van der Waals surface area contributed by atoms with Crippen molar-refractivity contribution in [1.29, 1.82) is 0 Å². The Hall–Kier alpha value is -1.03. The van der Waals surface area contributed by atoms with Gasteiger partial charge in [0.15, 0.2) is 6.04 Å². The second-order valence-electron chi connectivity index (χ2n) is 11.4. The van der Waals surface area contributed by atoms with Gasteiger partial charge in [0, 0.05) is 14.2 Å². The number of aliphatic carboxylic acids is 1. The Labute approximate surface area is 198 Å². The molecule has 0 heterocycles. The molecule has 2 fully saturated rings. The van der Waals surface area contributed by atoms with Crippen LogP contribution in [-0.2, 0) is 9.53 Å². The third kappa shape index (κ3) is 4.88. The van der Waals surface area contributed by atoms with E-state index in [0.717, 1.165) is 26.4 Å². The molecule has 0 aromatic rings. The summed E-state index contributed by atoms with van der Waals surface area (Å²) in [6, 6.07) is -0.913. The molecule has 3 rings (SSSR count). The van der Waals surface area contributed by atoms with E-state index in [0.29, 0.717) is 24.7 Å². The Balaban J connectivity index is 0.00000177. The first-order chi connectivity index (χ1) is 14.8. The molecule has 0 amide bonds. The van der Waals surface area contributed by atoms with E-state index in [2.05, 4.69) is 46.4 Å². The lowest BCUT2D eigenvalue weighted by atomic mass is 9.39. The van der Waals surface area contributed by atoms with Crippen LogP contribution in [0.5, 0.6) is 0 Å². The van der Waals surface area contributed by atoms with Crippen LogP contribution in [0.15, 0.2) is 11.6 Å². The van der Waals surface area contributed by atoms with Crippen molar-refractivity contribution in [3.05, 3.63) is 11.6 Å². The number of fused-ring (bicyclic) bond motifs is 3. The van der Waals surface area contributed by atoms with Crippen LogP contribution >= 0.6 is 0 Å². The van der Waals surface area contributed by atoms with Crippen molar-refractivity contribution in [2.45, 2.75) is 91.1 Å². The van der Waals surface area contributed by atoms with Gasteiger partial charge in [0.05, 0.1) is 12.2 Å². The van der Waals surface area contributed by atoms with E-state index in [1.54, 1.807) is 7.11 Å². The molecule has 3 aliphatic rings. The first kappa shape index (κ1) is 30.0. The molecule has 8 N–H and O–H groups in total. The summed E-state index contributed by atoms with van der Waals surface area (Å²) >= 11 is 0. The van der Waals surface area contributed by atoms with E-state index >= 15 is 0 Å². The zero-order valence-corrected chi connectivity index (χ0v) is 21.4. The van der Waals surface area contributed by atoms with Gasteiger partial charge in [0.2, 0.25) is 0 Å². The van der Waals surface area contributed by atoms with Crippen LogP contribution in [0.1, 0.15) is 66.7 Å². The first-order valence-electron chi connectivity index (χ1n) is 11.8. The van der Waals surface area contributed by atoms with Crippen molar-refractivity contribution in [3.63, 3.8) is 0 Å². The Bertz CT molecular complexity index is 711. The number of carboxylic acids is 1. The molecule has 8 nitrogen and oxygen atoms in total. The molecule has 0 aromatic heterocycles. The minimum absolute atomic E-state index is 0. The highest BCUT2D eigenvalue weighted by atomic mass is 16.5. The van der Waals surface area contributed by atoms with Gasteiger partial charge in [-0.2, -0.15) is 0 Å². The quantitative estimate of drug-likeness (QED) is 0.399. The minimum Gasteiger partial charge on any atom is -0.544 e. The van der Waals surface area contributed by atoms with Gasteiger partial charge in [-0.05, 0) is 73.0 Å². The molecular formula is C25H47NO7. The fourth-order valence-corrected chi connectivity index (χ4v) is 7.91. The van der Waals surface area contributed by atoms with Crippen LogP contribution in [0.2, 0.25) is 0 Å². The van der Waals surface area contributed by atoms with Crippen LogP contribution < -0.4 is 10.8 Å². The number of hydrogen-bond acceptors (Lipinski definition) is 6. The summed E-state index contributed by atoms with van der Waals surface area (Å²) in [5.74, 6) is -0.309. The fraction of sp³-hybridized carbons (Fsp3) is 0.880. The Morgan fingerprint density at radius 2 is 1.79 bits per heavy atom. The smallest absolute Gasteiger partial charge is 0.151 e. The van der Waals surface area contributed by atoms with Gasteiger partial charge < -0.3 is 41.2 Å². The number of aliphatic hydroxyl groups is 3. The highest BCUT2D eigenvalue weighted by Crippen LogP contribution is 2.68. The lowest BCUT2D eigenvalue weighted by molar-refractivity contribution is -0.453. The van der Waals surface area contributed by atoms with Gasteiger partial charge in [-0.15, -0.1) is 0 Å². The van der Waals surface area contributed by atoms with E-state index in [4.69, 9.17) is 9.84 Å². The molecule has 194 valence electrons. The topological polar surface area (TPSA) is 169 Å². The lowest BCUT2D eigenvalue weighted by Crippen LogP contribution is -2.73. The maximum absolute atomic E-state index is 11.4. The van der Waals surface area contributed by atoms with E-state index in [1.807, 2.05) is 0 Å². The molecule has 0 aromatic carbocycles. The number of methoxy groups -OCH3 is 1. The van der Waals surface area contributed by atoms with E-state index < -0.39 is 30.3 Å². The Morgan fingerprint density at radius 1 is 1.21 bits per heavy atom. The zero-order chi connectivity index (χ0) is 24.6. The molecule has 33 heavy (non-hydrogen) atoms. The van der Waals surface area contributed by atoms with Crippen LogP contribution in [0.3, 0.4) is 0 Å². The number of ether oxygens (including phenoxy) is 1. The molecule has 0 spiro atoms. The third-order valence-electron chi connectivity index (χ3n) is 9.58. The van der Waals surface area contributed by atoms with Crippen molar-refractivity contribution in [3.8, 4) is 0 Å². The van der Waals surface area contributed by atoms with E-state index in [9.17, 15) is 20.1 Å². The molecule has 3 aliphatic carbocycles. The van der Waals surface area contributed by atoms with Crippen LogP contribution in [-0.4, -0.2) is 65.3 Å². The van der Waals surface area contributed by atoms with E-state index in [-0.39, 0.29) is 27.6 Å². The van der Waals surface area contributed by atoms with Crippen LogP contribution in [0, 0.1) is 34.0 Å². The Morgan fingerprint density at radius 3 is 2.30 bits per heavy atom. The third-order valence-corrected chi connectivity index (χ3v) is 9.58. The van der Waals surface area contributed by atoms with Gasteiger partial charge in [0.25, 0.3) is 0 Å². The second kappa shape index (κ2) is 10.7. The minimum atomic E-state index is -1.18. The number of allylic oxidation sites excluding steroid dienone is 2. The summed E-state index contributed by atoms with van der Waals surface area (Å²) in [4.78, 5) is 11.4. The van der Waals surface area contributed by atoms with Crippen molar-refractivity contribution in [2.75, 3.05) is 14.2 Å². The van der Waals surface area contributed by atoms with Gasteiger partial charge in [0.1, 0.15) is 12.1 Å². The number of carboxylic acid groups (broad SMARTS) is 1. The predicted octanol–water partition coefficient (Wildman–Crippen LogP) is -0.308. The Kier molecular flexibility index (Phi) is 9.73. The summed E-state index contributed by atoms with van der Waals surface area (Å²) < 4.78 is 5.56. The van der Waals surface area contributed by atoms with Crippen LogP contribution in [0.25, 0.3) is 0 Å². The molecule has 9 atom stereocenters. The number of aliphatic hydroxyl groups excluding tert-OH is 3. The highest BCUT2D eigenvalue weighted by molar-refractivity contribution is 5.70. The summed E-state index contributed by atoms with van der Waals surface area (Å²) in [5, 5.41) is 39.9. The molecule has 0 aliphatic heterocycles. The summed E-state index contributed by atoms with van der Waals surface area (Å²) in [6.45, 7) is 11.0. The zero-order valence-electron chi connectivity index (χ0n) is 21.4. The maximum atomic E-state index is 11.4.